The van der Waals surface area contributed by atoms with E-state index in [0.717, 1.165) is 35.8 Å². The van der Waals surface area contributed by atoms with Gasteiger partial charge in [0, 0.05) is 30.6 Å². The molecule has 1 N–H and O–H groups in total. The van der Waals surface area contributed by atoms with E-state index in [0.29, 0.717) is 6.04 Å². The van der Waals surface area contributed by atoms with Gasteiger partial charge in [-0.15, -0.1) is 11.8 Å². The standard InChI is InChI=1S/C13H17N3S/c1-10-9-16(7-6-15-10)12-4-3-5-13(17-2)11(12)8-14/h3-5,10,15H,6-7,9H2,1-2H3/t10-/m1/s1. The Hall–Kier alpha value is -1.18. The smallest absolute Gasteiger partial charge is 0.103 e. The maximum absolute atomic E-state index is 9.32. The summed E-state index contributed by atoms with van der Waals surface area (Å²) in [5.41, 5.74) is 1.89. The van der Waals surface area contributed by atoms with Gasteiger partial charge in [0.05, 0.1) is 11.3 Å². The molecular formula is C13H17N3S. The van der Waals surface area contributed by atoms with Gasteiger partial charge in [-0.05, 0) is 25.3 Å². The summed E-state index contributed by atoms with van der Waals surface area (Å²) in [7, 11) is 0. The van der Waals surface area contributed by atoms with Crippen molar-refractivity contribution < 1.29 is 0 Å². The highest BCUT2D eigenvalue weighted by Gasteiger charge is 2.19. The number of rotatable bonds is 2. The predicted molar refractivity (Wildman–Crippen MR) is 72.6 cm³/mol. The van der Waals surface area contributed by atoms with E-state index in [-0.39, 0.29) is 0 Å². The molecule has 1 aromatic rings. The van der Waals surface area contributed by atoms with Crippen LogP contribution in [0.2, 0.25) is 0 Å². The average molecular weight is 247 g/mol. The Morgan fingerprint density at radius 2 is 2.35 bits per heavy atom. The van der Waals surface area contributed by atoms with E-state index in [9.17, 15) is 5.26 Å². The van der Waals surface area contributed by atoms with Crippen LogP contribution < -0.4 is 10.2 Å². The normalized spacial score (nSPS) is 20.1. The molecule has 0 spiro atoms. The molecular weight excluding hydrogens is 230 g/mol. The number of hydrogen-bond acceptors (Lipinski definition) is 4. The molecule has 3 nitrogen and oxygen atoms in total. The Morgan fingerprint density at radius 3 is 3.00 bits per heavy atom. The van der Waals surface area contributed by atoms with E-state index in [4.69, 9.17) is 0 Å². The highest BCUT2D eigenvalue weighted by atomic mass is 32.2. The van der Waals surface area contributed by atoms with Crippen molar-refractivity contribution in [3.8, 4) is 6.07 Å². The first kappa shape index (κ1) is 12.3. The molecule has 0 saturated carbocycles. The van der Waals surface area contributed by atoms with Crippen LogP contribution in [0, 0.1) is 11.3 Å². The molecule has 0 aromatic heterocycles. The first-order valence-electron chi connectivity index (χ1n) is 5.81. The van der Waals surface area contributed by atoms with E-state index in [2.05, 4.69) is 29.3 Å². The number of piperazine rings is 1. The van der Waals surface area contributed by atoms with Crippen LogP contribution in [0.3, 0.4) is 0 Å². The van der Waals surface area contributed by atoms with Gasteiger partial charge in [-0.3, -0.25) is 0 Å². The van der Waals surface area contributed by atoms with Crippen molar-refractivity contribution in [2.24, 2.45) is 0 Å². The van der Waals surface area contributed by atoms with Gasteiger partial charge < -0.3 is 10.2 Å². The van der Waals surface area contributed by atoms with Gasteiger partial charge in [0.2, 0.25) is 0 Å². The molecule has 0 radical (unpaired) electrons. The van der Waals surface area contributed by atoms with Gasteiger partial charge in [-0.2, -0.15) is 5.26 Å². The van der Waals surface area contributed by atoms with Crippen LogP contribution in [-0.4, -0.2) is 31.9 Å². The SMILES string of the molecule is CSc1cccc(N2CCN[C@H](C)C2)c1C#N. The van der Waals surface area contributed by atoms with Crippen molar-refractivity contribution in [3.63, 3.8) is 0 Å². The van der Waals surface area contributed by atoms with Crippen LogP contribution >= 0.6 is 11.8 Å². The van der Waals surface area contributed by atoms with Crippen LogP contribution in [-0.2, 0) is 0 Å². The number of nitriles is 1. The van der Waals surface area contributed by atoms with Gasteiger partial charge in [0.15, 0.2) is 0 Å². The Balaban J connectivity index is 2.34. The van der Waals surface area contributed by atoms with Crippen molar-refractivity contribution >= 4 is 17.4 Å². The predicted octanol–water partition coefficient (Wildman–Crippen LogP) is 2.08. The molecule has 4 heteroatoms. The molecule has 1 saturated heterocycles. The summed E-state index contributed by atoms with van der Waals surface area (Å²) >= 11 is 1.63. The molecule has 0 amide bonds. The molecule has 1 heterocycles. The average Bonchev–Trinajstić information content (AvgIpc) is 2.37. The molecule has 0 aliphatic carbocycles. The summed E-state index contributed by atoms with van der Waals surface area (Å²) in [6.07, 6.45) is 2.01. The van der Waals surface area contributed by atoms with Crippen molar-refractivity contribution in [2.75, 3.05) is 30.8 Å². The first-order chi connectivity index (χ1) is 8.26. The molecule has 1 aliphatic rings. The minimum Gasteiger partial charge on any atom is -0.368 e. The fourth-order valence-electron chi connectivity index (χ4n) is 2.22. The Bertz CT molecular complexity index is 439. The van der Waals surface area contributed by atoms with Crippen LogP contribution in [0.5, 0.6) is 0 Å². The minimum absolute atomic E-state index is 0.480. The fourth-order valence-corrected chi connectivity index (χ4v) is 2.79. The third kappa shape index (κ3) is 2.56. The maximum Gasteiger partial charge on any atom is 0.103 e. The molecule has 1 atom stereocenters. The van der Waals surface area contributed by atoms with Crippen LogP contribution in [0.25, 0.3) is 0 Å². The van der Waals surface area contributed by atoms with Crippen LogP contribution in [0.4, 0.5) is 5.69 Å². The molecule has 1 aliphatic heterocycles. The highest BCUT2D eigenvalue weighted by Crippen LogP contribution is 2.29. The van der Waals surface area contributed by atoms with Crippen molar-refractivity contribution in [1.82, 2.24) is 5.32 Å². The quantitative estimate of drug-likeness (QED) is 0.812. The summed E-state index contributed by atoms with van der Waals surface area (Å²) in [6.45, 7) is 5.09. The second-order valence-electron chi connectivity index (χ2n) is 4.27. The van der Waals surface area contributed by atoms with Gasteiger partial charge in [0.1, 0.15) is 6.07 Å². The third-order valence-corrected chi connectivity index (χ3v) is 3.83. The molecule has 1 fully saturated rings. The largest absolute Gasteiger partial charge is 0.368 e. The third-order valence-electron chi connectivity index (χ3n) is 3.05. The lowest BCUT2D eigenvalue weighted by atomic mass is 10.1. The molecule has 2 rings (SSSR count). The lowest BCUT2D eigenvalue weighted by molar-refractivity contribution is 0.484. The Morgan fingerprint density at radius 1 is 1.53 bits per heavy atom. The first-order valence-corrected chi connectivity index (χ1v) is 7.04. The zero-order valence-electron chi connectivity index (χ0n) is 10.2. The van der Waals surface area contributed by atoms with Gasteiger partial charge in [0.25, 0.3) is 0 Å². The van der Waals surface area contributed by atoms with Crippen molar-refractivity contribution in [3.05, 3.63) is 23.8 Å². The summed E-state index contributed by atoms with van der Waals surface area (Å²) in [6, 6.07) is 8.92. The van der Waals surface area contributed by atoms with Gasteiger partial charge in [-0.1, -0.05) is 6.07 Å². The van der Waals surface area contributed by atoms with E-state index in [1.807, 2.05) is 18.4 Å². The Kier molecular flexibility index (Phi) is 3.93. The van der Waals surface area contributed by atoms with Crippen molar-refractivity contribution in [1.29, 1.82) is 5.26 Å². The molecule has 0 bridgehead atoms. The number of hydrogen-bond donors (Lipinski definition) is 1. The number of nitrogens with one attached hydrogen (secondary N) is 1. The van der Waals surface area contributed by atoms with E-state index in [1.54, 1.807) is 11.8 Å². The van der Waals surface area contributed by atoms with Gasteiger partial charge >= 0.3 is 0 Å². The van der Waals surface area contributed by atoms with Crippen LogP contribution in [0.15, 0.2) is 23.1 Å². The molecule has 0 unspecified atom stereocenters. The van der Waals surface area contributed by atoms with E-state index in [1.165, 1.54) is 0 Å². The number of nitrogens with zero attached hydrogens (tertiary/aromatic N) is 2. The number of anilines is 1. The maximum atomic E-state index is 9.32. The fraction of sp³-hybridized carbons (Fsp3) is 0.462. The second-order valence-corrected chi connectivity index (χ2v) is 5.12. The van der Waals surface area contributed by atoms with E-state index < -0.39 is 0 Å². The summed E-state index contributed by atoms with van der Waals surface area (Å²) in [5.74, 6) is 0. The highest BCUT2D eigenvalue weighted by molar-refractivity contribution is 7.98. The zero-order chi connectivity index (χ0) is 12.3. The summed E-state index contributed by atoms with van der Waals surface area (Å²) in [4.78, 5) is 3.37. The Labute approximate surface area is 107 Å². The molecule has 90 valence electrons. The zero-order valence-corrected chi connectivity index (χ0v) is 11.0. The number of benzene rings is 1. The lowest BCUT2D eigenvalue weighted by Crippen LogP contribution is -2.49. The molecule has 17 heavy (non-hydrogen) atoms. The second kappa shape index (κ2) is 5.44. The number of thioether (sulfide) groups is 1. The topological polar surface area (TPSA) is 39.1 Å². The minimum atomic E-state index is 0.480. The molecule has 1 aromatic carbocycles. The monoisotopic (exact) mass is 247 g/mol. The summed E-state index contributed by atoms with van der Waals surface area (Å²) < 4.78 is 0. The lowest BCUT2D eigenvalue weighted by Gasteiger charge is -2.34. The van der Waals surface area contributed by atoms with Crippen LogP contribution in [0.1, 0.15) is 12.5 Å². The van der Waals surface area contributed by atoms with Gasteiger partial charge in [-0.25, -0.2) is 0 Å². The van der Waals surface area contributed by atoms with E-state index >= 15 is 0 Å². The van der Waals surface area contributed by atoms with Crippen molar-refractivity contribution in [2.45, 2.75) is 17.9 Å². The summed E-state index contributed by atoms with van der Waals surface area (Å²) in [5, 5.41) is 12.7.